The molecular weight excluding hydrogens is 564 g/mol. The molecule has 0 aliphatic carbocycles. The molecule has 0 saturated carbocycles. The van der Waals surface area contributed by atoms with E-state index in [1.807, 2.05) is 30.6 Å². The Labute approximate surface area is 264 Å². The zero-order valence-electron chi connectivity index (χ0n) is 24.5. The van der Waals surface area contributed by atoms with Gasteiger partial charge in [-0.1, -0.05) is 60.7 Å². The Bertz CT molecular complexity index is 2580. The highest BCUT2D eigenvalue weighted by Gasteiger charge is 2.12. The molecule has 0 spiro atoms. The Morgan fingerprint density at radius 1 is 0.391 bits per heavy atom. The summed E-state index contributed by atoms with van der Waals surface area (Å²) in [6.07, 6.45) is 8.73. The summed E-state index contributed by atoms with van der Waals surface area (Å²) < 4.78 is 0. The van der Waals surface area contributed by atoms with Crippen LogP contribution < -0.4 is 0 Å². The largest absolute Gasteiger partial charge is 0.261 e. The van der Waals surface area contributed by atoms with Crippen LogP contribution in [-0.2, 0) is 0 Å². The molecule has 0 fully saturated rings. The molecule has 5 aromatic heterocycles. The summed E-state index contributed by atoms with van der Waals surface area (Å²) in [5.74, 6) is 0. The highest BCUT2D eigenvalue weighted by molar-refractivity contribution is 6.10. The van der Waals surface area contributed by atoms with Crippen LogP contribution in [0, 0.1) is 0 Å². The predicted octanol–water partition coefficient (Wildman–Crippen LogP) is 9.34. The van der Waals surface area contributed by atoms with Crippen molar-refractivity contribution in [2.45, 2.75) is 0 Å². The van der Waals surface area contributed by atoms with Crippen molar-refractivity contribution in [3.63, 3.8) is 0 Å². The maximum Gasteiger partial charge on any atom is 0.107 e. The summed E-state index contributed by atoms with van der Waals surface area (Å²) in [5.41, 5.74) is 11.9. The van der Waals surface area contributed by atoms with Gasteiger partial charge >= 0.3 is 0 Å². The lowest BCUT2D eigenvalue weighted by Gasteiger charge is -2.11. The Kier molecular flexibility index (Phi) is 6.03. The molecule has 46 heavy (non-hydrogen) atoms. The van der Waals surface area contributed by atoms with Crippen molar-refractivity contribution < 1.29 is 0 Å². The lowest BCUT2D eigenvalue weighted by Crippen LogP contribution is -1.90. The van der Waals surface area contributed by atoms with Gasteiger partial charge in [0.2, 0.25) is 0 Å². The van der Waals surface area contributed by atoms with Gasteiger partial charge in [0.1, 0.15) is 5.69 Å². The van der Waals surface area contributed by atoms with E-state index in [1.54, 1.807) is 18.6 Å². The number of rotatable bonds is 4. The number of hydrogen-bond acceptors (Lipinski definition) is 6. The minimum absolute atomic E-state index is 0.764. The smallest absolute Gasteiger partial charge is 0.107 e. The van der Waals surface area contributed by atoms with E-state index in [-0.39, 0.29) is 0 Å². The van der Waals surface area contributed by atoms with E-state index in [1.165, 1.54) is 0 Å². The summed E-state index contributed by atoms with van der Waals surface area (Å²) >= 11 is 0. The van der Waals surface area contributed by atoms with Crippen LogP contribution in [-0.4, -0.2) is 29.9 Å². The average molecular weight is 589 g/mol. The van der Waals surface area contributed by atoms with Gasteiger partial charge in [-0.2, -0.15) is 0 Å². The van der Waals surface area contributed by atoms with Gasteiger partial charge in [0.15, 0.2) is 0 Å². The zero-order valence-corrected chi connectivity index (χ0v) is 24.5. The molecule has 0 aliphatic heterocycles. The molecule has 0 aliphatic rings. The lowest BCUT2D eigenvalue weighted by atomic mass is 9.96. The summed E-state index contributed by atoms with van der Waals surface area (Å²) in [5, 5.41) is 4.34. The Balaban J connectivity index is 1.02. The predicted molar refractivity (Wildman–Crippen MR) is 185 cm³/mol. The van der Waals surface area contributed by atoms with E-state index >= 15 is 0 Å². The van der Waals surface area contributed by atoms with E-state index < -0.39 is 0 Å². The van der Waals surface area contributed by atoms with Crippen molar-refractivity contribution in [3.05, 3.63) is 146 Å². The van der Waals surface area contributed by atoms with Crippen molar-refractivity contribution in [1.82, 2.24) is 29.9 Å². The number of nitrogens with zero attached hydrogens (tertiary/aromatic N) is 6. The maximum absolute atomic E-state index is 5.02. The second-order valence-corrected chi connectivity index (χ2v) is 11.3. The molecule has 0 amide bonds. The molecule has 5 heterocycles. The molecule has 6 heteroatoms. The number of hydrogen-bond donors (Lipinski definition) is 0. The second-order valence-electron chi connectivity index (χ2n) is 11.3. The Morgan fingerprint density at radius 2 is 1.04 bits per heavy atom. The van der Waals surface area contributed by atoms with Gasteiger partial charge in [-0.15, -0.1) is 0 Å². The summed E-state index contributed by atoms with van der Waals surface area (Å²) in [4.78, 5) is 27.6. The van der Waals surface area contributed by atoms with Crippen LogP contribution in [0.3, 0.4) is 0 Å². The van der Waals surface area contributed by atoms with Crippen molar-refractivity contribution in [3.8, 4) is 44.9 Å². The van der Waals surface area contributed by atoms with E-state index in [0.717, 1.165) is 88.5 Å². The van der Waals surface area contributed by atoms with Crippen molar-refractivity contribution in [2.75, 3.05) is 0 Å². The molecule has 214 valence electrons. The molecule has 0 atom stereocenters. The third kappa shape index (κ3) is 4.52. The van der Waals surface area contributed by atoms with Crippen molar-refractivity contribution in [1.29, 1.82) is 0 Å². The van der Waals surface area contributed by atoms with E-state index in [4.69, 9.17) is 9.97 Å². The van der Waals surface area contributed by atoms with Gasteiger partial charge in [-0.25, -0.2) is 9.97 Å². The number of fused-ring (bicyclic) bond motifs is 5. The van der Waals surface area contributed by atoms with Gasteiger partial charge < -0.3 is 0 Å². The fraction of sp³-hybridized carbons (Fsp3) is 0. The van der Waals surface area contributed by atoms with Crippen LogP contribution in [0.2, 0.25) is 0 Å². The molecule has 9 rings (SSSR count). The molecular formula is C40H24N6. The maximum atomic E-state index is 5.02. The normalized spacial score (nSPS) is 11.5. The zero-order chi connectivity index (χ0) is 30.5. The topological polar surface area (TPSA) is 77.3 Å². The van der Waals surface area contributed by atoms with Gasteiger partial charge in [-0.05, 0) is 76.9 Å². The second kappa shape index (κ2) is 10.6. The van der Waals surface area contributed by atoms with Crippen LogP contribution in [0.4, 0.5) is 0 Å². The van der Waals surface area contributed by atoms with Crippen molar-refractivity contribution >= 4 is 43.6 Å². The van der Waals surface area contributed by atoms with Crippen LogP contribution in [0.5, 0.6) is 0 Å². The third-order valence-corrected chi connectivity index (χ3v) is 8.49. The van der Waals surface area contributed by atoms with Crippen LogP contribution >= 0.6 is 0 Å². The average Bonchev–Trinajstić information content (AvgIpc) is 3.14. The minimum atomic E-state index is 0.764. The molecule has 0 radical (unpaired) electrons. The Morgan fingerprint density at radius 3 is 1.78 bits per heavy atom. The van der Waals surface area contributed by atoms with Crippen LogP contribution in [0.15, 0.2) is 146 Å². The number of benzene rings is 4. The summed E-state index contributed by atoms with van der Waals surface area (Å²) in [7, 11) is 0. The minimum Gasteiger partial charge on any atom is -0.261 e. The molecule has 0 N–H and O–H groups in total. The quantitative estimate of drug-likeness (QED) is 0.191. The monoisotopic (exact) mass is 588 g/mol. The first-order valence-corrected chi connectivity index (χ1v) is 15.1. The van der Waals surface area contributed by atoms with Crippen LogP contribution in [0.25, 0.3) is 88.5 Å². The molecule has 4 aromatic carbocycles. The summed E-state index contributed by atoms with van der Waals surface area (Å²) in [6, 6.07) is 40.1. The van der Waals surface area contributed by atoms with Gasteiger partial charge in [0.05, 0.1) is 39.7 Å². The number of aromatic nitrogens is 6. The first-order valence-electron chi connectivity index (χ1n) is 15.1. The van der Waals surface area contributed by atoms with E-state index in [9.17, 15) is 0 Å². The number of pyridine rings is 4. The first kappa shape index (κ1) is 26.0. The summed E-state index contributed by atoms with van der Waals surface area (Å²) in [6.45, 7) is 0. The van der Waals surface area contributed by atoms with E-state index in [0.29, 0.717) is 0 Å². The van der Waals surface area contributed by atoms with Crippen LogP contribution in [0.1, 0.15) is 0 Å². The Hall–Kier alpha value is -6.40. The highest BCUT2D eigenvalue weighted by Crippen LogP contribution is 2.34. The molecule has 0 saturated heterocycles. The molecule has 6 nitrogen and oxygen atoms in total. The lowest BCUT2D eigenvalue weighted by molar-refractivity contribution is 1.19. The highest BCUT2D eigenvalue weighted by atomic mass is 14.8. The fourth-order valence-electron chi connectivity index (χ4n) is 6.18. The van der Waals surface area contributed by atoms with Crippen molar-refractivity contribution in [2.24, 2.45) is 0 Å². The molecule has 9 aromatic rings. The molecule has 0 bridgehead atoms. The standard InChI is InChI=1S/C40H24N6/c1-3-31-23-33(32-4-2-18-44-40(32)39(31)43-17-1)25-5-7-26(8-6-25)34-15-11-29-21-27(9-13-35(29)45-34)28-10-14-36-30(22-28)12-16-37(46-36)38-24-41-19-20-42-38/h1-24H. The fourth-order valence-corrected chi connectivity index (χ4v) is 6.18. The SMILES string of the molecule is c1cnc2c(c1)cc(-c1ccc(-c3ccc4cc(-c5ccc6nc(-c7cnccn7)ccc6c5)ccc4n3)cc1)c1cccnc12. The van der Waals surface area contributed by atoms with Gasteiger partial charge in [0.25, 0.3) is 0 Å². The first-order chi connectivity index (χ1) is 22.8. The van der Waals surface area contributed by atoms with Gasteiger partial charge in [-0.3, -0.25) is 19.9 Å². The molecule has 0 unspecified atom stereocenters. The third-order valence-electron chi connectivity index (χ3n) is 8.49. The van der Waals surface area contributed by atoms with E-state index in [2.05, 4.69) is 117 Å². The van der Waals surface area contributed by atoms with Gasteiger partial charge in [0, 0.05) is 51.9 Å².